The zero-order valence-electron chi connectivity index (χ0n) is 13.2. The smallest absolute Gasteiger partial charge is 0.122 e. The zero-order valence-corrected chi connectivity index (χ0v) is 13.2. The molecule has 4 atom stereocenters. The third kappa shape index (κ3) is 1.75. The molecule has 2 aliphatic heterocycles. The monoisotopic (exact) mass is 284 g/mol. The van der Waals surface area contributed by atoms with Gasteiger partial charge in [0.2, 0.25) is 0 Å². The summed E-state index contributed by atoms with van der Waals surface area (Å²) in [5, 5.41) is 0. The normalized spacial score (nSPS) is 33.1. The van der Waals surface area contributed by atoms with Gasteiger partial charge in [0.25, 0.3) is 0 Å². The Morgan fingerprint density at radius 2 is 1.71 bits per heavy atom. The molecule has 2 bridgehead atoms. The summed E-state index contributed by atoms with van der Waals surface area (Å²) in [6.07, 6.45) is 5.33. The average molecular weight is 284 g/mol. The third-order valence-corrected chi connectivity index (χ3v) is 5.86. The molecule has 1 aromatic carbocycles. The molecule has 0 aromatic heterocycles. The molecule has 3 aliphatic rings. The molecule has 1 aromatic rings. The van der Waals surface area contributed by atoms with Gasteiger partial charge in [-0.2, -0.15) is 0 Å². The largest absolute Gasteiger partial charge is 0.496 e. The number of methoxy groups -OCH3 is 1. The van der Waals surface area contributed by atoms with Crippen LogP contribution in [-0.4, -0.2) is 19.3 Å². The van der Waals surface area contributed by atoms with Crippen LogP contribution in [0.3, 0.4) is 0 Å². The Balaban J connectivity index is 1.74. The van der Waals surface area contributed by atoms with Gasteiger partial charge in [0.1, 0.15) is 5.75 Å². The van der Waals surface area contributed by atoms with Crippen LogP contribution in [0.4, 0.5) is 0 Å². The lowest BCUT2D eigenvalue weighted by molar-refractivity contribution is 0.0926. The highest BCUT2D eigenvalue weighted by Gasteiger charge is 2.52. The van der Waals surface area contributed by atoms with E-state index in [9.17, 15) is 0 Å². The van der Waals surface area contributed by atoms with Gasteiger partial charge in [0.05, 0.1) is 19.3 Å². The molecule has 1 fully saturated rings. The standard InChI is InChI=1S/C19H24O2/c1-4-12-13(5-2)19-16-10-14-11(7-6-8-17(14)20-3)9-15(16)18(12)21-19/h6-8,12-13,18-19H,4-5,9-10H2,1-3H3. The van der Waals surface area contributed by atoms with Crippen LogP contribution >= 0.6 is 0 Å². The zero-order chi connectivity index (χ0) is 14.6. The minimum Gasteiger partial charge on any atom is -0.496 e. The minimum absolute atomic E-state index is 0.373. The second kappa shape index (κ2) is 4.88. The maximum Gasteiger partial charge on any atom is 0.122 e. The Morgan fingerprint density at radius 3 is 2.33 bits per heavy atom. The van der Waals surface area contributed by atoms with Gasteiger partial charge >= 0.3 is 0 Å². The van der Waals surface area contributed by atoms with Crippen molar-refractivity contribution in [2.75, 3.05) is 7.11 Å². The van der Waals surface area contributed by atoms with Gasteiger partial charge in [-0.3, -0.25) is 0 Å². The van der Waals surface area contributed by atoms with E-state index in [0.29, 0.717) is 12.2 Å². The highest BCUT2D eigenvalue weighted by molar-refractivity contribution is 5.52. The number of rotatable bonds is 3. The predicted molar refractivity (Wildman–Crippen MR) is 83.7 cm³/mol. The molecule has 4 unspecified atom stereocenters. The van der Waals surface area contributed by atoms with E-state index in [1.165, 1.54) is 24.0 Å². The van der Waals surface area contributed by atoms with E-state index in [4.69, 9.17) is 9.47 Å². The van der Waals surface area contributed by atoms with Crippen molar-refractivity contribution in [3.63, 3.8) is 0 Å². The highest BCUT2D eigenvalue weighted by Crippen LogP contribution is 2.53. The minimum atomic E-state index is 0.373. The summed E-state index contributed by atoms with van der Waals surface area (Å²) in [5.74, 6) is 2.49. The van der Waals surface area contributed by atoms with Crippen LogP contribution in [0.1, 0.15) is 37.8 Å². The fourth-order valence-corrected chi connectivity index (χ4v) is 4.88. The fourth-order valence-electron chi connectivity index (χ4n) is 4.88. The lowest BCUT2D eigenvalue weighted by Gasteiger charge is -2.33. The number of benzene rings is 1. The summed E-state index contributed by atoms with van der Waals surface area (Å²) in [5.41, 5.74) is 6.00. The van der Waals surface area contributed by atoms with Crippen LogP contribution in [0.2, 0.25) is 0 Å². The van der Waals surface area contributed by atoms with Crippen LogP contribution in [0.25, 0.3) is 0 Å². The first-order valence-electron chi connectivity index (χ1n) is 8.30. The molecular weight excluding hydrogens is 260 g/mol. The van der Waals surface area contributed by atoms with E-state index in [1.54, 1.807) is 18.3 Å². The summed E-state index contributed by atoms with van der Waals surface area (Å²) < 4.78 is 12.0. The van der Waals surface area contributed by atoms with Crippen molar-refractivity contribution in [3.8, 4) is 5.75 Å². The van der Waals surface area contributed by atoms with E-state index >= 15 is 0 Å². The second-order valence-corrected chi connectivity index (χ2v) is 6.62. The maximum absolute atomic E-state index is 6.42. The van der Waals surface area contributed by atoms with E-state index in [0.717, 1.165) is 30.4 Å². The average Bonchev–Trinajstić information content (AvgIpc) is 3.07. The van der Waals surface area contributed by atoms with Gasteiger partial charge in [-0.25, -0.2) is 0 Å². The molecule has 2 nitrogen and oxygen atoms in total. The van der Waals surface area contributed by atoms with Crippen LogP contribution < -0.4 is 4.74 Å². The van der Waals surface area contributed by atoms with Crippen molar-refractivity contribution in [2.24, 2.45) is 11.8 Å². The van der Waals surface area contributed by atoms with E-state index in [2.05, 4.69) is 32.0 Å². The number of hydrogen-bond donors (Lipinski definition) is 0. The molecule has 0 N–H and O–H groups in total. The van der Waals surface area contributed by atoms with E-state index in [-0.39, 0.29) is 0 Å². The van der Waals surface area contributed by atoms with Gasteiger partial charge in [0, 0.05) is 12.0 Å². The fraction of sp³-hybridized carbons (Fsp3) is 0.579. The first-order valence-corrected chi connectivity index (χ1v) is 8.30. The highest BCUT2D eigenvalue weighted by atomic mass is 16.5. The summed E-state index contributed by atoms with van der Waals surface area (Å²) in [4.78, 5) is 0. The molecule has 2 heteroatoms. The molecule has 2 heterocycles. The van der Waals surface area contributed by atoms with Gasteiger partial charge in [-0.05, 0) is 41.0 Å². The third-order valence-electron chi connectivity index (χ3n) is 5.86. The van der Waals surface area contributed by atoms with Crippen LogP contribution in [0.15, 0.2) is 29.3 Å². The SMILES string of the molecule is CCC1C2OC(C3=C2Cc2cccc(OC)c2C3)C1CC. The molecule has 0 amide bonds. The number of ether oxygens (including phenoxy) is 2. The maximum atomic E-state index is 6.42. The number of fused-ring (bicyclic) bond motifs is 5. The van der Waals surface area contributed by atoms with E-state index < -0.39 is 0 Å². The van der Waals surface area contributed by atoms with Crippen molar-refractivity contribution in [1.82, 2.24) is 0 Å². The lowest BCUT2D eigenvalue weighted by Crippen LogP contribution is -2.32. The Kier molecular flexibility index (Phi) is 3.11. The Morgan fingerprint density at radius 1 is 1.05 bits per heavy atom. The molecule has 0 radical (unpaired) electrons. The van der Waals surface area contributed by atoms with Gasteiger partial charge in [-0.1, -0.05) is 38.8 Å². The molecule has 4 rings (SSSR count). The Bertz CT molecular complexity index is 602. The quantitative estimate of drug-likeness (QED) is 0.783. The Labute approximate surface area is 127 Å². The van der Waals surface area contributed by atoms with Crippen molar-refractivity contribution < 1.29 is 9.47 Å². The molecule has 1 aliphatic carbocycles. The predicted octanol–water partition coefficient (Wildman–Crippen LogP) is 3.92. The molecular formula is C19H24O2. The van der Waals surface area contributed by atoms with Gasteiger partial charge in [-0.15, -0.1) is 0 Å². The topological polar surface area (TPSA) is 18.5 Å². The van der Waals surface area contributed by atoms with Gasteiger partial charge < -0.3 is 9.47 Å². The molecule has 0 spiro atoms. The summed E-state index contributed by atoms with van der Waals surface area (Å²) in [6, 6.07) is 6.46. The van der Waals surface area contributed by atoms with Crippen LogP contribution in [0, 0.1) is 11.8 Å². The van der Waals surface area contributed by atoms with Crippen molar-refractivity contribution >= 4 is 0 Å². The van der Waals surface area contributed by atoms with Crippen molar-refractivity contribution in [2.45, 2.75) is 51.7 Å². The van der Waals surface area contributed by atoms with E-state index in [1.807, 2.05) is 0 Å². The number of hydrogen-bond acceptors (Lipinski definition) is 2. The summed E-state index contributed by atoms with van der Waals surface area (Å²) in [6.45, 7) is 4.63. The summed E-state index contributed by atoms with van der Waals surface area (Å²) in [7, 11) is 1.78. The molecule has 21 heavy (non-hydrogen) atoms. The van der Waals surface area contributed by atoms with Gasteiger partial charge in [0.15, 0.2) is 0 Å². The molecule has 112 valence electrons. The molecule has 0 saturated carbocycles. The Hall–Kier alpha value is -1.28. The lowest BCUT2D eigenvalue weighted by atomic mass is 9.69. The molecule has 1 saturated heterocycles. The van der Waals surface area contributed by atoms with Crippen LogP contribution in [0.5, 0.6) is 5.75 Å². The summed E-state index contributed by atoms with van der Waals surface area (Å²) >= 11 is 0. The van der Waals surface area contributed by atoms with Crippen LogP contribution in [-0.2, 0) is 17.6 Å². The van der Waals surface area contributed by atoms with Crippen molar-refractivity contribution in [3.05, 3.63) is 40.5 Å². The first-order chi connectivity index (χ1) is 10.3. The first kappa shape index (κ1) is 13.4. The second-order valence-electron chi connectivity index (χ2n) is 6.62. The van der Waals surface area contributed by atoms with Crippen molar-refractivity contribution in [1.29, 1.82) is 0 Å².